The molecule has 0 spiro atoms. The average Bonchev–Trinajstić information content (AvgIpc) is 2.59. The minimum absolute atomic E-state index is 0.109. The van der Waals surface area contributed by atoms with E-state index in [-0.39, 0.29) is 11.8 Å². The average molecular weight is 303 g/mol. The van der Waals surface area contributed by atoms with Crippen LogP contribution in [0.25, 0.3) is 0 Å². The molecule has 2 aliphatic rings. The molecule has 1 aromatic carbocycles. The third-order valence-electron chi connectivity index (χ3n) is 4.58. The number of nitrogens with one attached hydrogen (secondary N) is 1. The van der Waals surface area contributed by atoms with Crippen LogP contribution in [0, 0.1) is 5.92 Å². The molecule has 1 heterocycles. The van der Waals surface area contributed by atoms with E-state index in [0.717, 1.165) is 25.0 Å². The summed E-state index contributed by atoms with van der Waals surface area (Å²) < 4.78 is 11.0. The maximum atomic E-state index is 12.0. The second-order valence-corrected chi connectivity index (χ2v) is 6.16. The van der Waals surface area contributed by atoms with Crippen molar-refractivity contribution >= 4 is 5.91 Å². The molecule has 1 aliphatic heterocycles. The van der Waals surface area contributed by atoms with Gasteiger partial charge in [0.05, 0.1) is 6.54 Å². The highest BCUT2D eigenvalue weighted by molar-refractivity contribution is 5.78. The van der Waals surface area contributed by atoms with Gasteiger partial charge in [-0.3, -0.25) is 4.79 Å². The highest BCUT2D eigenvalue weighted by Gasteiger charge is 2.20. The van der Waals surface area contributed by atoms with E-state index in [0.29, 0.717) is 26.4 Å². The first-order valence-electron chi connectivity index (χ1n) is 8.43. The van der Waals surface area contributed by atoms with Crippen LogP contribution in [0.4, 0.5) is 0 Å². The zero-order chi connectivity index (χ0) is 15.2. The molecule has 1 N–H and O–H groups in total. The first kappa shape index (κ1) is 15.3. The Morgan fingerprint density at radius 3 is 2.77 bits per heavy atom. The van der Waals surface area contributed by atoms with E-state index in [1.165, 1.54) is 30.4 Å². The monoisotopic (exact) mass is 303 g/mol. The van der Waals surface area contributed by atoms with Crippen molar-refractivity contribution in [2.45, 2.75) is 38.5 Å². The largest absolute Gasteiger partial charge is 0.492 e. The zero-order valence-electron chi connectivity index (χ0n) is 13.1. The Morgan fingerprint density at radius 2 is 1.95 bits per heavy atom. The Morgan fingerprint density at radius 1 is 1.18 bits per heavy atom. The van der Waals surface area contributed by atoms with Gasteiger partial charge in [0.25, 0.3) is 0 Å². The summed E-state index contributed by atoms with van der Waals surface area (Å²) in [5.74, 6) is 1.16. The summed E-state index contributed by atoms with van der Waals surface area (Å²) in [5, 5.41) is 2.97. The van der Waals surface area contributed by atoms with Gasteiger partial charge < -0.3 is 14.8 Å². The molecule has 4 heteroatoms. The number of rotatable bonds is 5. The molecule has 1 saturated heterocycles. The maximum absolute atomic E-state index is 12.0. The molecule has 1 aromatic rings. The quantitative estimate of drug-likeness (QED) is 0.850. The molecule has 0 unspecified atom stereocenters. The Kier molecular flexibility index (Phi) is 5.33. The van der Waals surface area contributed by atoms with E-state index in [1.54, 1.807) is 0 Å². The third kappa shape index (κ3) is 4.01. The van der Waals surface area contributed by atoms with Crippen LogP contribution in [-0.2, 0) is 22.4 Å². The molecule has 0 atom stereocenters. The van der Waals surface area contributed by atoms with Crippen LogP contribution in [0.2, 0.25) is 0 Å². The van der Waals surface area contributed by atoms with E-state index in [2.05, 4.69) is 17.4 Å². The minimum atomic E-state index is 0.109. The Hall–Kier alpha value is -1.55. The normalized spacial score (nSPS) is 18.5. The molecular weight excluding hydrogens is 278 g/mol. The van der Waals surface area contributed by atoms with Crippen LogP contribution in [0.1, 0.15) is 36.8 Å². The lowest BCUT2D eigenvalue weighted by Gasteiger charge is -2.21. The third-order valence-corrected chi connectivity index (χ3v) is 4.58. The van der Waals surface area contributed by atoms with E-state index < -0.39 is 0 Å². The lowest BCUT2D eigenvalue weighted by Crippen LogP contribution is -2.36. The van der Waals surface area contributed by atoms with E-state index in [4.69, 9.17) is 9.47 Å². The summed E-state index contributed by atoms with van der Waals surface area (Å²) in [7, 11) is 0. The first-order chi connectivity index (χ1) is 10.8. The number of hydrogen-bond donors (Lipinski definition) is 1. The molecule has 0 radical (unpaired) electrons. The number of amides is 1. The van der Waals surface area contributed by atoms with Gasteiger partial charge in [0.1, 0.15) is 12.4 Å². The Labute approximate surface area is 132 Å². The molecule has 0 aromatic heterocycles. The van der Waals surface area contributed by atoms with Crippen molar-refractivity contribution in [3.8, 4) is 5.75 Å². The van der Waals surface area contributed by atoms with Crippen molar-refractivity contribution in [3.05, 3.63) is 29.3 Å². The Bertz CT molecular complexity index is 509. The van der Waals surface area contributed by atoms with E-state index in [1.807, 2.05) is 6.07 Å². The molecular formula is C18H25NO3. The predicted octanol–water partition coefficient (Wildman–Crippen LogP) is 2.49. The van der Waals surface area contributed by atoms with Crippen molar-refractivity contribution in [2.75, 3.05) is 26.4 Å². The van der Waals surface area contributed by atoms with Crippen molar-refractivity contribution in [3.63, 3.8) is 0 Å². The summed E-state index contributed by atoms with van der Waals surface area (Å²) in [6, 6.07) is 6.39. The molecule has 1 amide bonds. The van der Waals surface area contributed by atoms with Crippen molar-refractivity contribution in [1.29, 1.82) is 0 Å². The molecule has 4 nitrogen and oxygen atoms in total. The van der Waals surface area contributed by atoms with E-state index >= 15 is 0 Å². The van der Waals surface area contributed by atoms with Gasteiger partial charge in [-0.1, -0.05) is 6.07 Å². The maximum Gasteiger partial charge on any atom is 0.223 e. The Balaban J connectivity index is 1.40. The summed E-state index contributed by atoms with van der Waals surface area (Å²) >= 11 is 0. The topological polar surface area (TPSA) is 47.6 Å². The number of fused-ring (bicyclic) bond motifs is 1. The van der Waals surface area contributed by atoms with Crippen LogP contribution in [0.15, 0.2) is 18.2 Å². The molecule has 0 bridgehead atoms. The van der Waals surface area contributed by atoms with Crippen LogP contribution < -0.4 is 10.1 Å². The highest BCUT2D eigenvalue weighted by Crippen LogP contribution is 2.25. The number of carbonyl (C=O) groups is 1. The number of hydrogen-bond acceptors (Lipinski definition) is 3. The first-order valence-corrected chi connectivity index (χ1v) is 8.43. The lowest BCUT2D eigenvalue weighted by atomic mass is 9.92. The molecule has 120 valence electrons. The van der Waals surface area contributed by atoms with Gasteiger partial charge in [-0.25, -0.2) is 0 Å². The van der Waals surface area contributed by atoms with Crippen LogP contribution >= 0.6 is 0 Å². The summed E-state index contributed by atoms with van der Waals surface area (Å²) in [6.45, 7) is 2.48. The number of benzene rings is 1. The van der Waals surface area contributed by atoms with Crippen molar-refractivity contribution in [2.24, 2.45) is 5.92 Å². The lowest BCUT2D eigenvalue weighted by molar-refractivity contribution is -0.127. The molecule has 1 fully saturated rings. The van der Waals surface area contributed by atoms with Crippen molar-refractivity contribution < 1.29 is 14.3 Å². The van der Waals surface area contributed by atoms with Crippen LogP contribution in [-0.4, -0.2) is 32.3 Å². The second-order valence-electron chi connectivity index (χ2n) is 6.16. The standard InChI is InChI=1S/C18H25NO3/c20-18(15-7-10-21-11-8-15)19-9-12-22-17-6-5-14-3-1-2-4-16(14)13-17/h5-6,13,15H,1-4,7-12H2,(H,19,20). The fourth-order valence-electron chi connectivity index (χ4n) is 3.25. The summed E-state index contributed by atoms with van der Waals surface area (Å²) in [6.07, 6.45) is 6.59. The van der Waals surface area contributed by atoms with Crippen LogP contribution in [0.3, 0.4) is 0 Å². The number of aryl methyl sites for hydroxylation is 2. The second kappa shape index (κ2) is 7.63. The predicted molar refractivity (Wildman–Crippen MR) is 85.1 cm³/mol. The minimum Gasteiger partial charge on any atom is -0.492 e. The fraction of sp³-hybridized carbons (Fsp3) is 0.611. The van der Waals surface area contributed by atoms with Gasteiger partial charge in [-0.15, -0.1) is 0 Å². The van der Waals surface area contributed by atoms with Crippen molar-refractivity contribution in [1.82, 2.24) is 5.32 Å². The fourth-order valence-corrected chi connectivity index (χ4v) is 3.25. The summed E-state index contributed by atoms with van der Waals surface area (Å²) in [4.78, 5) is 12.0. The number of carbonyl (C=O) groups excluding carboxylic acids is 1. The highest BCUT2D eigenvalue weighted by atomic mass is 16.5. The molecule has 3 rings (SSSR count). The van der Waals surface area contributed by atoms with Crippen LogP contribution in [0.5, 0.6) is 5.75 Å². The van der Waals surface area contributed by atoms with Gasteiger partial charge in [-0.2, -0.15) is 0 Å². The summed E-state index contributed by atoms with van der Waals surface area (Å²) in [5.41, 5.74) is 2.89. The number of ether oxygens (including phenoxy) is 2. The SMILES string of the molecule is O=C(NCCOc1ccc2c(c1)CCCC2)C1CCOCC1. The molecule has 0 saturated carbocycles. The van der Waals surface area contributed by atoms with Gasteiger partial charge in [0, 0.05) is 19.1 Å². The zero-order valence-corrected chi connectivity index (χ0v) is 13.1. The molecule has 1 aliphatic carbocycles. The van der Waals surface area contributed by atoms with Gasteiger partial charge in [0.2, 0.25) is 5.91 Å². The van der Waals surface area contributed by atoms with Gasteiger partial charge >= 0.3 is 0 Å². The van der Waals surface area contributed by atoms with Gasteiger partial charge in [-0.05, 0) is 61.8 Å². The smallest absolute Gasteiger partial charge is 0.223 e. The van der Waals surface area contributed by atoms with E-state index in [9.17, 15) is 4.79 Å². The molecule has 22 heavy (non-hydrogen) atoms. The van der Waals surface area contributed by atoms with Gasteiger partial charge in [0.15, 0.2) is 0 Å².